The van der Waals surface area contributed by atoms with Crippen LogP contribution in [-0.2, 0) is 6.42 Å². The van der Waals surface area contributed by atoms with E-state index >= 15 is 0 Å². The Labute approximate surface area is 148 Å². The molecule has 1 aromatic carbocycles. The van der Waals surface area contributed by atoms with Gasteiger partial charge in [0.2, 0.25) is 0 Å². The van der Waals surface area contributed by atoms with Gasteiger partial charge in [0.25, 0.3) is 5.91 Å². The summed E-state index contributed by atoms with van der Waals surface area (Å²) in [6, 6.07) is 7.82. The summed E-state index contributed by atoms with van der Waals surface area (Å²) in [5, 5.41) is 0. The van der Waals surface area contributed by atoms with Crippen molar-refractivity contribution in [3.8, 4) is 5.75 Å². The third-order valence-corrected chi connectivity index (χ3v) is 4.78. The molecule has 25 heavy (non-hydrogen) atoms. The molecule has 0 fully saturated rings. The first-order valence-electron chi connectivity index (χ1n) is 8.67. The van der Waals surface area contributed by atoms with Crippen molar-refractivity contribution in [2.45, 2.75) is 33.1 Å². The van der Waals surface area contributed by atoms with E-state index in [-0.39, 0.29) is 11.7 Å². The molecule has 1 heterocycles. The fourth-order valence-corrected chi connectivity index (χ4v) is 3.29. The van der Waals surface area contributed by atoms with E-state index in [1.165, 1.54) is 0 Å². The van der Waals surface area contributed by atoms with E-state index in [0.717, 1.165) is 41.0 Å². The minimum atomic E-state index is -0.104. The Morgan fingerprint density at radius 2 is 2.00 bits per heavy atom. The molecule has 3 rings (SSSR count). The quantitative estimate of drug-likeness (QED) is 0.908. The summed E-state index contributed by atoms with van der Waals surface area (Å²) in [7, 11) is 1.75. The number of benzene rings is 1. The van der Waals surface area contributed by atoms with Crippen LogP contribution in [0.4, 0.5) is 0 Å². The third-order valence-electron chi connectivity index (χ3n) is 4.78. The Hall–Kier alpha value is -2.56. The number of nitrogens with zero attached hydrogens (tertiary/aromatic N) is 1. The first kappa shape index (κ1) is 17.3. The van der Waals surface area contributed by atoms with E-state index in [2.05, 4.69) is 4.98 Å². The number of hydrogen-bond acceptors (Lipinski definition) is 3. The van der Waals surface area contributed by atoms with Crippen molar-refractivity contribution in [3.05, 3.63) is 52.3 Å². The lowest BCUT2D eigenvalue weighted by atomic mass is 9.94. The van der Waals surface area contributed by atoms with Crippen LogP contribution in [0.3, 0.4) is 0 Å². The average molecular weight is 340 g/mol. The molecule has 1 aliphatic rings. The first-order chi connectivity index (χ1) is 12.0. The molecule has 5 nitrogen and oxygen atoms in total. The number of aryl methyl sites for hydroxylation is 2. The van der Waals surface area contributed by atoms with Crippen LogP contribution in [0.5, 0.6) is 5.75 Å². The van der Waals surface area contributed by atoms with Crippen LogP contribution < -0.4 is 4.74 Å². The molecule has 1 N–H and O–H groups in total. The molecule has 0 radical (unpaired) electrons. The van der Waals surface area contributed by atoms with Gasteiger partial charge in [0.1, 0.15) is 18.1 Å². The van der Waals surface area contributed by atoms with Gasteiger partial charge in [0.15, 0.2) is 5.78 Å². The van der Waals surface area contributed by atoms with Crippen molar-refractivity contribution in [1.29, 1.82) is 0 Å². The number of ether oxygens (including phenoxy) is 1. The molecule has 0 aliphatic heterocycles. The number of amides is 1. The number of aromatic amines is 1. The van der Waals surface area contributed by atoms with Gasteiger partial charge in [-0.15, -0.1) is 0 Å². The molecular weight excluding hydrogens is 316 g/mol. The van der Waals surface area contributed by atoms with Crippen LogP contribution in [0, 0.1) is 13.8 Å². The maximum absolute atomic E-state index is 12.7. The van der Waals surface area contributed by atoms with Gasteiger partial charge in [-0.3, -0.25) is 9.59 Å². The van der Waals surface area contributed by atoms with E-state index in [1.54, 1.807) is 11.9 Å². The zero-order chi connectivity index (χ0) is 18.0. The molecule has 0 atom stereocenters. The number of aromatic nitrogens is 1. The highest BCUT2D eigenvalue weighted by Gasteiger charge is 2.27. The highest BCUT2D eigenvalue weighted by Crippen LogP contribution is 2.27. The van der Waals surface area contributed by atoms with Gasteiger partial charge < -0.3 is 14.6 Å². The second-order valence-electron chi connectivity index (χ2n) is 6.60. The summed E-state index contributed by atoms with van der Waals surface area (Å²) in [6.45, 7) is 4.74. The molecule has 1 amide bonds. The van der Waals surface area contributed by atoms with Gasteiger partial charge in [-0.25, -0.2) is 0 Å². The van der Waals surface area contributed by atoms with Gasteiger partial charge >= 0.3 is 0 Å². The van der Waals surface area contributed by atoms with Crippen molar-refractivity contribution >= 4 is 11.7 Å². The van der Waals surface area contributed by atoms with Crippen LogP contribution in [0.25, 0.3) is 0 Å². The maximum atomic E-state index is 12.7. The van der Waals surface area contributed by atoms with E-state index in [9.17, 15) is 9.59 Å². The number of fused-ring (bicyclic) bond motifs is 1. The van der Waals surface area contributed by atoms with Gasteiger partial charge in [-0.2, -0.15) is 0 Å². The monoisotopic (exact) mass is 340 g/mol. The molecule has 0 unspecified atom stereocenters. The minimum Gasteiger partial charge on any atom is -0.491 e. The molecule has 0 spiro atoms. The van der Waals surface area contributed by atoms with Crippen LogP contribution in [0.2, 0.25) is 0 Å². The smallest absolute Gasteiger partial charge is 0.270 e. The highest BCUT2D eigenvalue weighted by molar-refractivity contribution is 6.04. The molecule has 0 bridgehead atoms. The number of carbonyl (C=O) groups excluding carboxylic acids is 2. The standard InChI is InChI=1S/C20H24N2O3/c1-13-7-4-5-10-17(13)25-12-11-22(3)20(24)19-14(2)18-15(21-19)8-6-9-16(18)23/h4-5,7,10,21H,6,8-9,11-12H2,1-3H3. The van der Waals surface area contributed by atoms with E-state index in [0.29, 0.717) is 25.3 Å². The fraction of sp³-hybridized carbons (Fsp3) is 0.400. The Kier molecular flexibility index (Phi) is 4.93. The largest absolute Gasteiger partial charge is 0.491 e. The van der Waals surface area contributed by atoms with Gasteiger partial charge in [-0.1, -0.05) is 18.2 Å². The number of likely N-dealkylation sites (N-methyl/N-ethyl adjacent to an activating group) is 1. The lowest BCUT2D eigenvalue weighted by Gasteiger charge is -2.18. The summed E-state index contributed by atoms with van der Waals surface area (Å²) in [4.78, 5) is 29.6. The number of hydrogen-bond donors (Lipinski definition) is 1. The van der Waals surface area contributed by atoms with Crippen LogP contribution in [-0.4, -0.2) is 41.8 Å². The van der Waals surface area contributed by atoms with Crippen LogP contribution >= 0.6 is 0 Å². The number of H-pyrrole nitrogens is 1. The Balaban J connectivity index is 1.65. The molecular formula is C20H24N2O3. The number of nitrogens with one attached hydrogen (secondary N) is 1. The van der Waals surface area contributed by atoms with E-state index < -0.39 is 0 Å². The zero-order valence-corrected chi connectivity index (χ0v) is 15.0. The Bertz CT molecular complexity index is 807. The number of ketones is 1. The SMILES string of the molecule is Cc1ccccc1OCCN(C)C(=O)c1[nH]c2c(c1C)C(=O)CCC2. The zero-order valence-electron chi connectivity index (χ0n) is 15.0. The highest BCUT2D eigenvalue weighted by atomic mass is 16.5. The van der Waals surface area contributed by atoms with Crippen molar-refractivity contribution < 1.29 is 14.3 Å². The van der Waals surface area contributed by atoms with Gasteiger partial charge in [0, 0.05) is 24.7 Å². The summed E-state index contributed by atoms with van der Waals surface area (Å²) in [5.74, 6) is 0.869. The normalized spacial score (nSPS) is 13.5. The molecule has 0 saturated heterocycles. The van der Waals surface area contributed by atoms with Crippen LogP contribution in [0.1, 0.15) is 50.5 Å². The topological polar surface area (TPSA) is 62.4 Å². The summed E-state index contributed by atoms with van der Waals surface area (Å²) < 4.78 is 5.76. The average Bonchev–Trinajstić information content (AvgIpc) is 2.94. The Morgan fingerprint density at radius 3 is 2.72 bits per heavy atom. The number of para-hydroxylation sites is 1. The molecule has 0 saturated carbocycles. The van der Waals surface area contributed by atoms with Crippen molar-refractivity contribution in [3.63, 3.8) is 0 Å². The molecule has 132 valence electrons. The number of carbonyl (C=O) groups is 2. The van der Waals surface area contributed by atoms with Gasteiger partial charge in [0.05, 0.1) is 6.54 Å². The van der Waals surface area contributed by atoms with E-state index in [1.807, 2.05) is 38.1 Å². The van der Waals surface area contributed by atoms with Crippen molar-refractivity contribution in [2.24, 2.45) is 0 Å². The van der Waals surface area contributed by atoms with Crippen molar-refractivity contribution in [1.82, 2.24) is 9.88 Å². The Morgan fingerprint density at radius 1 is 1.24 bits per heavy atom. The minimum absolute atomic E-state index is 0.104. The fourth-order valence-electron chi connectivity index (χ4n) is 3.29. The number of rotatable bonds is 5. The van der Waals surface area contributed by atoms with Gasteiger partial charge in [-0.05, 0) is 43.9 Å². The van der Waals surface area contributed by atoms with E-state index in [4.69, 9.17) is 4.74 Å². The molecule has 5 heteroatoms. The molecule has 1 aromatic heterocycles. The predicted octanol–water partition coefficient (Wildman–Crippen LogP) is 3.30. The summed E-state index contributed by atoms with van der Waals surface area (Å²) >= 11 is 0. The second-order valence-corrected chi connectivity index (χ2v) is 6.60. The summed E-state index contributed by atoms with van der Waals surface area (Å²) in [5.41, 5.74) is 4.00. The maximum Gasteiger partial charge on any atom is 0.270 e. The molecule has 1 aliphatic carbocycles. The second kappa shape index (κ2) is 7.13. The first-order valence-corrected chi connectivity index (χ1v) is 8.67. The van der Waals surface area contributed by atoms with Crippen LogP contribution in [0.15, 0.2) is 24.3 Å². The molecule has 2 aromatic rings. The van der Waals surface area contributed by atoms with Crippen molar-refractivity contribution in [2.75, 3.05) is 20.2 Å². The summed E-state index contributed by atoms with van der Waals surface area (Å²) in [6.07, 6.45) is 2.24. The lowest BCUT2D eigenvalue weighted by Crippen LogP contribution is -2.31. The lowest BCUT2D eigenvalue weighted by molar-refractivity contribution is 0.0767. The third kappa shape index (κ3) is 3.45. The number of Topliss-reactive ketones (excluding diaryl/α,β-unsaturated/α-hetero) is 1. The predicted molar refractivity (Wildman–Crippen MR) is 96.4 cm³/mol.